The van der Waals surface area contributed by atoms with Crippen molar-refractivity contribution in [1.29, 1.82) is 0 Å². The zero-order valence-electron chi connectivity index (χ0n) is 16.7. The van der Waals surface area contributed by atoms with Crippen LogP contribution >= 0.6 is 0 Å². The van der Waals surface area contributed by atoms with Crippen LogP contribution in [0.3, 0.4) is 0 Å². The summed E-state index contributed by atoms with van der Waals surface area (Å²) in [6.07, 6.45) is 2.68. The summed E-state index contributed by atoms with van der Waals surface area (Å²) in [5.74, 6) is 0.288. The Morgan fingerprint density at radius 3 is 2.27 bits per heavy atom. The van der Waals surface area contributed by atoms with Crippen molar-refractivity contribution in [1.82, 2.24) is 4.98 Å². The van der Waals surface area contributed by atoms with E-state index >= 15 is 0 Å². The number of pyridine rings is 1. The van der Waals surface area contributed by atoms with Crippen LogP contribution in [-0.4, -0.2) is 33.5 Å². The van der Waals surface area contributed by atoms with Gasteiger partial charge in [-0.15, -0.1) is 0 Å². The van der Waals surface area contributed by atoms with Crippen LogP contribution in [0.25, 0.3) is 0 Å². The van der Waals surface area contributed by atoms with Gasteiger partial charge in [-0.1, -0.05) is 17.7 Å². The number of hydrogen-bond acceptors (Lipinski definition) is 6. The molecule has 1 amide bonds. The molecular formula is C21H21N3O5S. The van der Waals surface area contributed by atoms with E-state index in [4.69, 9.17) is 9.47 Å². The maximum atomic E-state index is 12.7. The number of aromatic nitrogens is 1. The third-order valence-electron chi connectivity index (χ3n) is 4.23. The zero-order valence-corrected chi connectivity index (χ0v) is 17.5. The Kier molecular flexibility index (Phi) is 6.22. The molecule has 0 spiro atoms. The topological polar surface area (TPSA) is 107 Å². The molecule has 3 aromatic rings. The van der Waals surface area contributed by atoms with Gasteiger partial charge in [0.05, 0.1) is 36.6 Å². The summed E-state index contributed by atoms with van der Waals surface area (Å²) in [5.41, 5.74) is 2.06. The lowest BCUT2D eigenvalue weighted by Crippen LogP contribution is -2.16. The molecule has 0 aliphatic carbocycles. The number of methoxy groups -OCH3 is 2. The molecule has 1 heterocycles. The summed E-state index contributed by atoms with van der Waals surface area (Å²) in [6.45, 7) is 1.95. The van der Waals surface area contributed by atoms with Crippen LogP contribution in [0.15, 0.2) is 65.8 Å². The molecule has 0 fully saturated rings. The Balaban J connectivity index is 1.80. The molecule has 156 valence electrons. The molecule has 1 aromatic heterocycles. The number of carbonyl (C=O) groups is 1. The SMILES string of the molecule is COc1ccc(S(=O)(=O)Nc2cncc(C(=O)Nc3ccc(C)cc3)c2)cc1OC. The van der Waals surface area contributed by atoms with Crippen molar-refractivity contribution >= 4 is 27.3 Å². The average molecular weight is 427 g/mol. The number of aryl methyl sites for hydroxylation is 1. The first-order valence-corrected chi connectivity index (χ1v) is 10.4. The number of amides is 1. The molecule has 30 heavy (non-hydrogen) atoms. The number of nitrogens with one attached hydrogen (secondary N) is 2. The predicted octanol–water partition coefficient (Wildman–Crippen LogP) is 3.46. The van der Waals surface area contributed by atoms with Crippen LogP contribution in [0.1, 0.15) is 15.9 Å². The molecule has 9 heteroatoms. The van der Waals surface area contributed by atoms with Crippen molar-refractivity contribution in [2.24, 2.45) is 0 Å². The molecule has 8 nitrogen and oxygen atoms in total. The Bertz CT molecular complexity index is 1160. The second kappa shape index (κ2) is 8.83. The summed E-state index contributed by atoms with van der Waals surface area (Å²) in [4.78, 5) is 16.4. The summed E-state index contributed by atoms with van der Waals surface area (Å²) < 4.78 is 38.2. The van der Waals surface area contributed by atoms with Crippen molar-refractivity contribution in [3.63, 3.8) is 0 Å². The van der Waals surface area contributed by atoms with E-state index in [1.165, 1.54) is 50.9 Å². The summed E-state index contributed by atoms with van der Waals surface area (Å²) >= 11 is 0. The standard InChI is InChI=1S/C21H21N3O5S/c1-14-4-6-16(7-5-14)23-21(25)15-10-17(13-22-12-15)24-30(26,27)18-8-9-19(28-2)20(11-18)29-3/h4-13,24H,1-3H3,(H,23,25). The minimum absolute atomic E-state index is 0.0188. The minimum Gasteiger partial charge on any atom is -0.493 e. The van der Waals surface area contributed by atoms with E-state index in [1.807, 2.05) is 19.1 Å². The molecule has 0 aliphatic heterocycles. The van der Waals surface area contributed by atoms with Gasteiger partial charge in [0.2, 0.25) is 0 Å². The number of rotatable bonds is 7. The fourth-order valence-corrected chi connectivity index (χ4v) is 3.71. The molecule has 0 saturated carbocycles. The van der Waals surface area contributed by atoms with Crippen molar-refractivity contribution in [2.75, 3.05) is 24.3 Å². The Morgan fingerprint density at radius 1 is 0.900 bits per heavy atom. The van der Waals surface area contributed by atoms with E-state index in [2.05, 4.69) is 15.0 Å². The van der Waals surface area contributed by atoms with Crippen LogP contribution in [-0.2, 0) is 10.0 Å². The fraction of sp³-hybridized carbons (Fsp3) is 0.143. The maximum Gasteiger partial charge on any atom is 0.262 e. The third kappa shape index (κ3) is 4.87. The van der Waals surface area contributed by atoms with E-state index in [1.54, 1.807) is 12.1 Å². The van der Waals surface area contributed by atoms with Crippen LogP contribution in [0.4, 0.5) is 11.4 Å². The molecule has 2 aromatic carbocycles. The molecule has 0 unspecified atom stereocenters. The monoisotopic (exact) mass is 427 g/mol. The van der Waals surface area contributed by atoms with Crippen LogP contribution < -0.4 is 19.5 Å². The van der Waals surface area contributed by atoms with Gasteiger partial charge in [0.15, 0.2) is 11.5 Å². The number of nitrogens with zero attached hydrogens (tertiary/aromatic N) is 1. The highest BCUT2D eigenvalue weighted by atomic mass is 32.2. The van der Waals surface area contributed by atoms with Crippen LogP contribution in [0.5, 0.6) is 11.5 Å². The van der Waals surface area contributed by atoms with Gasteiger partial charge in [-0.25, -0.2) is 8.42 Å². The second-order valence-corrected chi connectivity index (χ2v) is 8.09. The molecule has 2 N–H and O–H groups in total. The Labute approximate surface area is 174 Å². The number of anilines is 2. The molecule has 0 saturated heterocycles. The smallest absolute Gasteiger partial charge is 0.262 e. The second-order valence-electron chi connectivity index (χ2n) is 6.40. The van der Waals surface area contributed by atoms with Gasteiger partial charge in [0, 0.05) is 18.0 Å². The van der Waals surface area contributed by atoms with E-state index in [9.17, 15) is 13.2 Å². The highest BCUT2D eigenvalue weighted by molar-refractivity contribution is 7.92. The summed E-state index contributed by atoms with van der Waals surface area (Å²) in [6, 6.07) is 13.0. The molecule has 0 radical (unpaired) electrons. The Morgan fingerprint density at radius 2 is 1.60 bits per heavy atom. The summed E-state index contributed by atoms with van der Waals surface area (Å²) in [5, 5.41) is 2.75. The van der Waals surface area contributed by atoms with Gasteiger partial charge >= 0.3 is 0 Å². The quantitative estimate of drug-likeness (QED) is 0.598. The molecule has 0 bridgehead atoms. The van der Waals surface area contributed by atoms with Gasteiger partial charge in [-0.3, -0.25) is 14.5 Å². The summed E-state index contributed by atoms with van der Waals surface area (Å²) in [7, 11) is -1.05. The van der Waals surface area contributed by atoms with E-state index < -0.39 is 15.9 Å². The first-order chi connectivity index (χ1) is 14.3. The number of ether oxygens (including phenoxy) is 2. The largest absolute Gasteiger partial charge is 0.493 e. The van der Waals surface area contributed by atoms with Gasteiger partial charge in [0.1, 0.15) is 0 Å². The zero-order chi connectivity index (χ0) is 21.7. The minimum atomic E-state index is -3.93. The Hall–Kier alpha value is -3.59. The molecular weight excluding hydrogens is 406 g/mol. The van der Waals surface area contributed by atoms with Crippen molar-refractivity contribution in [2.45, 2.75) is 11.8 Å². The van der Waals surface area contributed by atoms with E-state index in [0.29, 0.717) is 11.4 Å². The normalized spacial score (nSPS) is 10.9. The number of benzene rings is 2. The van der Waals surface area contributed by atoms with Gasteiger partial charge in [0.25, 0.3) is 15.9 Å². The van der Waals surface area contributed by atoms with Crippen molar-refractivity contribution in [3.05, 3.63) is 72.1 Å². The van der Waals surface area contributed by atoms with E-state index in [0.717, 1.165) is 5.56 Å². The van der Waals surface area contributed by atoms with Crippen LogP contribution in [0, 0.1) is 6.92 Å². The fourth-order valence-electron chi connectivity index (χ4n) is 2.66. The highest BCUT2D eigenvalue weighted by Gasteiger charge is 2.18. The number of carbonyl (C=O) groups excluding carboxylic acids is 1. The lowest BCUT2D eigenvalue weighted by Gasteiger charge is -2.12. The first-order valence-electron chi connectivity index (χ1n) is 8.90. The average Bonchev–Trinajstić information content (AvgIpc) is 2.74. The predicted molar refractivity (Wildman–Crippen MR) is 114 cm³/mol. The highest BCUT2D eigenvalue weighted by Crippen LogP contribution is 2.30. The van der Waals surface area contributed by atoms with Crippen molar-refractivity contribution in [3.8, 4) is 11.5 Å². The first kappa shape index (κ1) is 21.1. The van der Waals surface area contributed by atoms with Gasteiger partial charge in [-0.2, -0.15) is 0 Å². The maximum absolute atomic E-state index is 12.7. The lowest BCUT2D eigenvalue weighted by molar-refractivity contribution is 0.102. The molecule has 0 atom stereocenters. The van der Waals surface area contributed by atoms with Gasteiger partial charge < -0.3 is 14.8 Å². The lowest BCUT2D eigenvalue weighted by atomic mass is 10.2. The third-order valence-corrected chi connectivity index (χ3v) is 5.61. The molecule has 3 rings (SSSR count). The van der Waals surface area contributed by atoms with Crippen LogP contribution in [0.2, 0.25) is 0 Å². The van der Waals surface area contributed by atoms with Crippen molar-refractivity contribution < 1.29 is 22.7 Å². The number of hydrogen-bond donors (Lipinski definition) is 2. The molecule has 0 aliphatic rings. The van der Waals surface area contributed by atoms with E-state index in [-0.39, 0.29) is 21.9 Å². The number of sulfonamides is 1. The van der Waals surface area contributed by atoms with Gasteiger partial charge in [-0.05, 0) is 37.3 Å².